The van der Waals surface area contributed by atoms with E-state index in [0.29, 0.717) is 10.6 Å². The molecule has 14 heavy (non-hydrogen) atoms. The number of nitrogens with two attached hydrogens (primary N) is 1. The molecule has 0 atom stereocenters. The van der Waals surface area contributed by atoms with Crippen molar-refractivity contribution in [3.8, 4) is 0 Å². The summed E-state index contributed by atoms with van der Waals surface area (Å²) in [6, 6.07) is 0. The third-order valence-electron chi connectivity index (χ3n) is 1.60. The van der Waals surface area contributed by atoms with Gasteiger partial charge in [0.1, 0.15) is 5.60 Å². The van der Waals surface area contributed by atoms with Gasteiger partial charge in [-0.25, -0.2) is 18.5 Å². The maximum Gasteiger partial charge on any atom is 0.265 e. The molecule has 5 nitrogen and oxygen atoms in total. The zero-order chi connectivity index (χ0) is 11.1. The topological polar surface area (TPSA) is 93.3 Å². The van der Waals surface area contributed by atoms with Crippen LogP contribution in [0, 0.1) is 6.92 Å². The molecule has 0 unspecified atom stereocenters. The van der Waals surface area contributed by atoms with Crippen molar-refractivity contribution in [1.29, 1.82) is 0 Å². The number of primary sulfonamides is 1. The predicted molar refractivity (Wildman–Crippen MR) is 53.5 cm³/mol. The van der Waals surface area contributed by atoms with Gasteiger partial charge in [0.05, 0.1) is 5.69 Å². The fourth-order valence-corrected chi connectivity index (χ4v) is 2.91. The van der Waals surface area contributed by atoms with Gasteiger partial charge < -0.3 is 5.11 Å². The van der Waals surface area contributed by atoms with E-state index in [-0.39, 0.29) is 4.34 Å². The fraction of sp³-hybridized carbons (Fsp3) is 0.571. The van der Waals surface area contributed by atoms with Gasteiger partial charge in [0.15, 0.2) is 0 Å². The molecule has 0 aliphatic heterocycles. The second-order valence-corrected chi connectivity index (χ2v) is 6.43. The molecule has 0 aliphatic carbocycles. The second-order valence-electron chi connectivity index (χ2n) is 3.49. The number of hydrogen-bond acceptors (Lipinski definition) is 5. The third-order valence-corrected chi connectivity index (χ3v) is 3.89. The van der Waals surface area contributed by atoms with Gasteiger partial charge in [0.2, 0.25) is 4.34 Å². The first kappa shape index (κ1) is 11.6. The summed E-state index contributed by atoms with van der Waals surface area (Å²) in [5.74, 6) is 0. The van der Waals surface area contributed by atoms with Gasteiger partial charge in [0, 0.05) is 4.88 Å². The Morgan fingerprint density at radius 2 is 2.00 bits per heavy atom. The van der Waals surface area contributed by atoms with E-state index in [1.165, 1.54) is 0 Å². The van der Waals surface area contributed by atoms with Gasteiger partial charge in [-0.15, -0.1) is 11.3 Å². The molecule has 1 aromatic heterocycles. The highest BCUT2D eigenvalue weighted by molar-refractivity contribution is 7.91. The Balaban J connectivity index is 3.33. The van der Waals surface area contributed by atoms with Crippen molar-refractivity contribution in [2.75, 3.05) is 0 Å². The van der Waals surface area contributed by atoms with Gasteiger partial charge in [0.25, 0.3) is 10.0 Å². The number of hydrogen-bond donors (Lipinski definition) is 2. The van der Waals surface area contributed by atoms with Crippen LogP contribution in [0.4, 0.5) is 0 Å². The van der Waals surface area contributed by atoms with Crippen molar-refractivity contribution >= 4 is 21.4 Å². The quantitative estimate of drug-likeness (QED) is 0.773. The van der Waals surface area contributed by atoms with Gasteiger partial charge in [-0.1, -0.05) is 0 Å². The second kappa shape index (κ2) is 3.27. The van der Waals surface area contributed by atoms with Crippen molar-refractivity contribution in [1.82, 2.24) is 4.98 Å². The Labute approximate surface area is 86.6 Å². The van der Waals surface area contributed by atoms with Crippen LogP contribution in [0.15, 0.2) is 4.34 Å². The largest absolute Gasteiger partial charge is 0.384 e. The number of rotatable bonds is 2. The van der Waals surface area contributed by atoms with E-state index in [9.17, 15) is 13.5 Å². The molecule has 0 radical (unpaired) electrons. The van der Waals surface area contributed by atoms with E-state index in [1.807, 2.05) is 0 Å². The number of aliphatic hydroxyl groups is 1. The summed E-state index contributed by atoms with van der Waals surface area (Å²) in [5, 5.41) is 14.6. The van der Waals surface area contributed by atoms with Crippen LogP contribution in [0.5, 0.6) is 0 Å². The molecule has 0 aliphatic rings. The van der Waals surface area contributed by atoms with Crippen LogP contribution in [-0.2, 0) is 15.6 Å². The molecule has 3 N–H and O–H groups in total. The molecule has 1 heterocycles. The Morgan fingerprint density at radius 1 is 1.50 bits per heavy atom. The Morgan fingerprint density at radius 3 is 2.21 bits per heavy atom. The number of aromatic nitrogens is 1. The first-order valence-corrected chi connectivity index (χ1v) is 6.22. The summed E-state index contributed by atoms with van der Waals surface area (Å²) < 4.78 is 21.8. The van der Waals surface area contributed by atoms with E-state index in [4.69, 9.17) is 5.14 Å². The van der Waals surface area contributed by atoms with E-state index in [2.05, 4.69) is 4.98 Å². The van der Waals surface area contributed by atoms with Crippen LogP contribution in [-0.4, -0.2) is 18.5 Å². The SMILES string of the molecule is Cc1sc(S(N)(=O)=O)nc1C(C)(C)O. The average Bonchev–Trinajstić information content (AvgIpc) is 2.27. The lowest BCUT2D eigenvalue weighted by molar-refractivity contribution is 0.0734. The third kappa shape index (κ3) is 2.30. The summed E-state index contributed by atoms with van der Waals surface area (Å²) in [7, 11) is -3.77. The smallest absolute Gasteiger partial charge is 0.265 e. The van der Waals surface area contributed by atoms with Crippen LogP contribution in [0.25, 0.3) is 0 Å². The summed E-state index contributed by atoms with van der Waals surface area (Å²) >= 11 is 0.964. The van der Waals surface area contributed by atoms with E-state index in [0.717, 1.165) is 11.3 Å². The molecular weight excluding hydrogens is 224 g/mol. The summed E-state index contributed by atoms with van der Waals surface area (Å²) in [4.78, 5) is 4.46. The zero-order valence-corrected chi connectivity index (χ0v) is 9.74. The van der Waals surface area contributed by atoms with Gasteiger partial charge in [-0.05, 0) is 20.8 Å². The molecule has 1 rings (SSSR count). The van der Waals surface area contributed by atoms with Crippen LogP contribution in [0.1, 0.15) is 24.4 Å². The van der Waals surface area contributed by atoms with Crippen molar-refractivity contribution in [2.45, 2.75) is 30.7 Å². The molecule has 0 bridgehead atoms. The molecule has 0 spiro atoms. The van der Waals surface area contributed by atoms with Crippen LogP contribution in [0.3, 0.4) is 0 Å². The lowest BCUT2D eigenvalue weighted by Crippen LogP contribution is -2.18. The van der Waals surface area contributed by atoms with Crippen molar-refractivity contribution in [3.05, 3.63) is 10.6 Å². The number of sulfonamides is 1. The maximum atomic E-state index is 11.0. The Bertz CT molecular complexity index is 442. The minimum Gasteiger partial charge on any atom is -0.384 e. The maximum absolute atomic E-state index is 11.0. The first-order chi connectivity index (χ1) is 6.12. The number of thiazole rings is 1. The van der Waals surface area contributed by atoms with Crippen molar-refractivity contribution < 1.29 is 13.5 Å². The highest BCUT2D eigenvalue weighted by Gasteiger charge is 2.26. The van der Waals surface area contributed by atoms with E-state index < -0.39 is 15.6 Å². The molecule has 0 aromatic carbocycles. The fourth-order valence-electron chi connectivity index (χ4n) is 1.06. The summed E-state index contributed by atoms with van der Waals surface area (Å²) in [6.07, 6.45) is 0. The monoisotopic (exact) mass is 236 g/mol. The van der Waals surface area contributed by atoms with Crippen LogP contribution >= 0.6 is 11.3 Å². The predicted octanol–water partition coefficient (Wildman–Crippen LogP) is 0.326. The molecule has 0 amide bonds. The van der Waals surface area contributed by atoms with E-state index >= 15 is 0 Å². The molecule has 7 heteroatoms. The number of aryl methyl sites for hydroxylation is 1. The normalized spacial score (nSPS) is 13.2. The Kier molecular flexibility index (Phi) is 2.70. The van der Waals surface area contributed by atoms with Crippen molar-refractivity contribution in [3.63, 3.8) is 0 Å². The van der Waals surface area contributed by atoms with Crippen molar-refractivity contribution in [2.24, 2.45) is 5.14 Å². The highest BCUT2D eigenvalue weighted by Crippen LogP contribution is 2.28. The first-order valence-electron chi connectivity index (χ1n) is 3.85. The van der Waals surface area contributed by atoms with Crippen LogP contribution in [0.2, 0.25) is 0 Å². The zero-order valence-electron chi connectivity index (χ0n) is 8.10. The van der Waals surface area contributed by atoms with Crippen LogP contribution < -0.4 is 5.14 Å². The molecule has 1 aromatic rings. The molecule has 0 saturated heterocycles. The Hall–Kier alpha value is -0.500. The lowest BCUT2D eigenvalue weighted by atomic mass is 10.1. The van der Waals surface area contributed by atoms with Gasteiger partial charge >= 0.3 is 0 Å². The van der Waals surface area contributed by atoms with Gasteiger partial charge in [-0.3, -0.25) is 0 Å². The molecule has 80 valence electrons. The minimum absolute atomic E-state index is 0.160. The van der Waals surface area contributed by atoms with E-state index in [1.54, 1.807) is 20.8 Å². The standard InChI is InChI=1S/C7H12N2O3S2/c1-4-5(7(2,3)10)9-6(13-4)14(8,11)12/h10H,1-3H3,(H2,8,11,12). The highest BCUT2D eigenvalue weighted by atomic mass is 32.2. The molecular formula is C7H12N2O3S2. The van der Waals surface area contributed by atoms with Gasteiger partial charge in [-0.2, -0.15) is 0 Å². The summed E-state index contributed by atoms with van der Waals surface area (Å²) in [6.45, 7) is 4.78. The minimum atomic E-state index is -3.77. The summed E-state index contributed by atoms with van der Waals surface area (Å²) in [5.41, 5.74) is -0.796. The molecule has 0 fully saturated rings. The molecule has 0 saturated carbocycles. The lowest BCUT2D eigenvalue weighted by Gasteiger charge is -2.14. The number of nitrogens with zero attached hydrogens (tertiary/aromatic N) is 1. The average molecular weight is 236 g/mol.